The summed E-state index contributed by atoms with van der Waals surface area (Å²) in [6.07, 6.45) is 0.224. The Morgan fingerprint density at radius 2 is 1.87 bits per heavy atom. The highest BCUT2D eigenvalue weighted by Gasteiger charge is 2.19. The minimum atomic E-state index is -0.671. The molecule has 0 aliphatic rings. The summed E-state index contributed by atoms with van der Waals surface area (Å²) in [5, 5.41) is 14.1. The van der Waals surface area contributed by atoms with Crippen LogP contribution in [0.2, 0.25) is 5.02 Å². The van der Waals surface area contributed by atoms with Crippen molar-refractivity contribution in [2.45, 2.75) is 19.3 Å². The van der Waals surface area contributed by atoms with Crippen LogP contribution in [0.5, 0.6) is 5.75 Å². The van der Waals surface area contributed by atoms with E-state index < -0.39 is 23.3 Å². The predicted octanol–water partition coefficient (Wildman–Crippen LogP) is 3.79. The van der Waals surface area contributed by atoms with Crippen LogP contribution < -0.4 is 10.1 Å². The Morgan fingerprint density at radius 1 is 1.13 bits per heavy atom. The molecule has 2 aromatic carbocycles. The molecule has 158 valence electrons. The lowest BCUT2D eigenvalue weighted by atomic mass is 10.1. The maximum absolute atomic E-state index is 12.1. The maximum atomic E-state index is 12.1. The number of benzene rings is 2. The highest BCUT2D eigenvalue weighted by Crippen LogP contribution is 2.27. The standard InChI is InChI=1S/C20H19ClN2O7/c1-29-18-10-9-13(11-16(18)23(27)28)17(24)12-30-20(26)8-4-7-19(25)22-15-6-3-2-5-14(15)21/h2-3,5-6,9-11H,4,7-8,12H2,1H3,(H,22,25). The number of hydrogen-bond donors (Lipinski definition) is 1. The summed E-state index contributed by atoms with van der Waals surface area (Å²) in [5.41, 5.74) is 0.138. The molecular weight excluding hydrogens is 416 g/mol. The minimum Gasteiger partial charge on any atom is -0.490 e. The van der Waals surface area contributed by atoms with E-state index in [1.54, 1.807) is 24.3 Å². The number of Topliss-reactive ketones (excluding diaryl/α,β-unsaturated/α-hetero) is 1. The number of ether oxygens (including phenoxy) is 2. The highest BCUT2D eigenvalue weighted by molar-refractivity contribution is 6.33. The molecule has 0 saturated heterocycles. The smallest absolute Gasteiger partial charge is 0.311 e. The zero-order valence-electron chi connectivity index (χ0n) is 16.1. The van der Waals surface area contributed by atoms with Crippen molar-refractivity contribution in [1.29, 1.82) is 0 Å². The molecule has 0 aromatic heterocycles. The van der Waals surface area contributed by atoms with Gasteiger partial charge in [-0.2, -0.15) is 0 Å². The number of esters is 1. The average molecular weight is 435 g/mol. The fraction of sp³-hybridized carbons (Fsp3) is 0.250. The number of ketones is 1. The fourth-order valence-corrected chi connectivity index (χ4v) is 2.66. The Kier molecular flexibility index (Phi) is 8.30. The number of anilines is 1. The first-order chi connectivity index (χ1) is 14.3. The summed E-state index contributed by atoms with van der Waals surface area (Å²) in [4.78, 5) is 46.2. The number of rotatable bonds is 10. The van der Waals surface area contributed by atoms with Crippen LogP contribution in [0.3, 0.4) is 0 Å². The average Bonchev–Trinajstić information content (AvgIpc) is 2.73. The monoisotopic (exact) mass is 434 g/mol. The Hall–Kier alpha value is -3.46. The summed E-state index contributed by atoms with van der Waals surface area (Å²) >= 11 is 5.95. The molecule has 0 spiro atoms. The first kappa shape index (κ1) is 22.8. The lowest BCUT2D eigenvalue weighted by Gasteiger charge is -2.07. The molecule has 0 aliphatic heterocycles. The van der Waals surface area contributed by atoms with Crippen LogP contribution in [0.25, 0.3) is 0 Å². The van der Waals surface area contributed by atoms with Crippen molar-refractivity contribution in [2.24, 2.45) is 0 Å². The molecule has 1 amide bonds. The molecule has 0 radical (unpaired) electrons. The number of hydrogen-bond acceptors (Lipinski definition) is 7. The molecule has 10 heteroatoms. The van der Waals surface area contributed by atoms with Gasteiger partial charge in [0.25, 0.3) is 0 Å². The number of nitrogens with zero attached hydrogens (tertiary/aromatic N) is 1. The molecule has 0 fully saturated rings. The quantitative estimate of drug-likeness (QED) is 0.261. The summed E-state index contributed by atoms with van der Waals surface area (Å²) < 4.78 is 9.76. The van der Waals surface area contributed by atoms with Gasteiger partial charge in [0.1, 0.15) is 0 Å². The largest absolute Gasteiger partial charge is 0.490 e. The Morgan fingerprint density at radius 3 is 2.53 bits per heavy atom. The van der Waals surface area contributed by atoms with E-state index in [2.05, 4.69) is 5.32 Å². The van der Waals surface area contributed by atoms with Crippen LogP contribution >= 0.6 is 11.6 Å². The first-order valence-corrected chi connectivity index (χ1v) is 9.25. The van der Waals surface area contributed by atoms with Crippen molar-refractivity contribution < 1.29 is 28.8 Å². The summed E-state index contributed by atoms with van der Waals surface area (Å²) in [5.74, 6) is -1.54. The van der Waals surface area contributed by atoms with Crippen LogP contribution in [0, 0.1) is 10.1 Å². The molecule has 0 atom stereocenters. The molecule has 2 rings (SSSR count). The van der Waals surface area contributed by atoms with Gasteiger partial charge in [-0.25, -0.2) is 0 Å². The van der Waals surface area contributed by atoms with Crippen molar-refractivity contribution >= 4 is 40.6 Å². The van der Waals surface area contributed by atoms with E-state index in [4.69, 9.17) is 21.1 Å². The second-order valence-electron chi connectivity index (χ2n) is 6.11. The molecule has 2 aromatic rings. The van der Waals surface area contributed by atoms with E-state index >= 15 is 0 Å². The third-order valence-electron chi connectivity index (χ3n) is 3.99. The second kappa shape index (κ2) is 10.9. The van der Waals surface area contributed by atoms with Gasteiger partial charge in [-0.1, -0.05) is 23.7 Å². The molecule has 0 bridgehead atoms. The molecule has 1 N–H and O–H groups in total. The minimum absolute atomic E-state index is 0.0172. The van der Waals surface area contributed by atoms with E-state index in [1.165, 1.54) is 19.2 Å². The van der Waals surface area contributed by atoms with Gasteiger partial charge >= 0.3 is 11.7 Å². The van der Waals surface area contributed by atoms with E-state index in [0.717, 1.165) is 6.07 Å². The number of carbonyl (C=O) groups excluding carboxylic acids is 3. The van der Waals surface area contributed by atoms with Gasteiger partial charge < -0.3 is 14.8 Å². The number of nitro benzene ring substituents is 1. The zero-order valence-corrected chi connectivity index (χ0v) is 16.8. The van der Waals surface area contributed by atoms with Gasteiger partial charge in [0, 0.05) is 24.5 Å². The lowest BCUT2D eigenvalue weighted by molar-refractivity contribution is -0.385. The molecule has 9 nitrogen and oxygen atoms in total. The van der Waals surface area contributed by atoms with Crippen LogP contribution in [-0.4, -0.2) is 36.3 Å². The third kappa shape index (κ3) is 6.56. The maximum Gasteiger partial charge on any atom is 0.311 e. The first-order valence-electron chi connectivity index (χ1n) is 8.87. The van der Waals surface area contributed by atoms with Gasteiger partial charge in [0.2, 0.25) is 11.7 Å². The molecular formula is C20H19ClN2O7. The van der Waals surface area contributed by atoms with E-state index in [1.807, 2.05) is 0 Å². The van der Waals surface area contributed by atoms with E-state index in [9.17, 15) is 24.5 Å². The number of nitro groups is 1. The fourth-order valence-electron chi connectivity index (χ4n) is 2.48. The molecule has 0 heterocycles. The van der Waals surface area contributed by atoms with Crippen molar-refractivity contribution in [1.82, 2.24) is 0 Å². The van der Waals surface area contributed by atoms with Gasteiger partial charge in [-0.05, 0) is 30.7 Å². The molecule has 0 aliphatic carbocycles. The topological polar surface area (TPSA) is 125 Å². The van der Waals surface area contributed by atoms with Gasteiger partial charge in [-0.3, -0.25) is 24.5 Å². The number of para-hydroxylation sites is 1. The van der Waals surface area contributed by atoms with Crippen molar-refractivity contribution in [3.05, 3.63) is 63.2 Å². The van der Waals surface area contributed by atoms with Gasteiger partial charge in [0.15, 0.2) is 12.4 Å². The predicted molar refractivity (Wildman–Crippen MR) is 109 cm³/mol. The van der Waals surface area contributed by atoms with Crippen LogP contribution in [0.4, 0.5) is 11.4 Å². The van der Waals surface area contributed by atoms with E-state index in [0.29, 0.717) is 10.7 Å². The van der Waals surface area contributed by atoms with Gasteiger partial charge in [-0.15, -0.1) is 0 Å². The number of carbonyl (C=O) groups is 3. The van der Waals surface area contributed by atoms with Crippen LogP contribution in [0.15, 0.2) is 42.5 Å². The number of halogens is 1. The summed E-state index contributed by atoms with van der Waals surface area (Å²) in [6.45, 7) is -0.561. The van der Waals surface area contributed by atoms with Crippen LogP contribution in [0.1, 0.15) is 29.6 Å². The SMILES string of the molecule is COc1ccc(C(=O)COC(=O)CCCC(=O)Nc2ccccc2Cl)cc1[N+](=O)[O-]. The Labute approximate surface area is 177 Å². The third-order valence-corrected chi connectivity index (χ3v) is 4.32. The summed E-state index contributed by atoms with van der Waals surface area (Å²) in [6, 6.07) is 10.5. The van der Waals surface area contributed by atoms with E-state index in [-0.39, 0.29) is 42.2 Å². The molecule has 0 saturated carbocycles. The molecule has 30 heavy (non-hydrogen) atoms. The lowest BCUT2D eigenvalue weighted by Crippen LogP contribution is -2.16. The van der Waals surface area contributed by atoms with Gasteiger partial charge in [0.05, 0.1) is 22.7 Å². The normalized spacial score (nSPS) is 10.2. The number of amides is 1. The molecule has 0 unspecified atom stereocenters. The highest BCUT2D eigenvalue weighted by atomic mass is 35.5. The second-order valence-corrected chi connectivity index (χ2v) is 6.52. The summed E-state index contributed by atoms with van der Waals surface area (Å²) in [7, 11) is 1.28. The van der Waals surface area contributed by atoms with Crippen molar-refractivity contribution in [3.8, 4) is 5.75 Å². The van der Waals surface area contributed by atoms with Crippen molar-refractivity contribution in [2.75, 3.05) is 19.0 Å². The zero-order chi connectivity index (χ0) is 22.1. The Bertz CT molecular complexity index is 962. The van der Waals surface area contributed by atoms with Crippen LogP contribution in [-0.2, 0) is 14.3 Å². The number of nitrogens with one attached hydrogen (secondary N) is 1. The van der Waals surface area contributed by atoms with Crippen molar-refractivity contribution in [3.63, 3.8) is 0 Å². The Balaban J connectivity index is 1.77. The number of methoxy groups -OCH3 is 1.